The zero-order valence-electron chi connectivity index (χ0n) is 77.8. The van der Waals surface area contributed by atoms with Crippen LogP contribution in [-0.4, -0.2) is 232 Å². The van der Waals surface area contributed by atoms with Crippen molar-refractivity contribution < 1.29 is 169 Å². The van der Waals surface area contributed by atoms with Crippen LogP contribution in [0.2, 0.25) is 35.2 Å². The topological polar surface area (TPSA) is 809 Å². The number of esters is 7. The van der Waals surface area contributed by atoms with Crippen LogP contribution in [0.15, 0.2) is 133 Å². The monoisotopic (exact) mass is 2230 g/mol. The van der Waals surface area contributed by atoms with Gasteiger partial charge in [-0.05, 0) is 91.0 Å². The molecule has 798 valence electrons. The molecule has 11 N–H and O–H groups in total. The predicted octanol–water partition coefficient (Wildman–Crippen LogP) is 13.2. The first-order chi connectivity index (χ1) is 68.9. The molecule has 2 aliphatic heterocycles. The standard InChI is InChI=1S/C12H13ClN2O5.C11H11ClN2O5.C11H10ClNO6.C11H8ClNO5.C10H9ClN2O3.C10H8ClNO4.C7H4ClNO3.C5H11O5P.C5H8O4.C4H11NO2/c1-20-12(17)5-7(4-11(14)16)9-6-8(13)2-3-10(9)15(18)19;12-7-1-2-9(14(18)19)8(5-7)6(3-10(13)15)4-11(16)17;12-7-1-2-9(13(18)19)8(5-7)6(3-10(14)15)4-11(16)17;12-7-1-2-9(13(16)17)8(5-7)6-3-10(14)18-11(15)4-6;11-7-1-2-9(13(15)16)8(4-7)6-3-10(14)12-5-6;1-16-10(13)5-2-7-6-8(11)3-4-9(7)12(14)15;8-6-1-2-7(9(11)12)5(3-6)4-10;1-8-5(6)4-11(7,9-2)10-3;1-8-4(6)3-5(7)9-2;6-3-1-5-2-4-7/h2-3,6-7H,4-5H2,1H3,(H2,14,16);1-2,5-6H,3-4H2,(H2,13,15)(H,16,17);1-2,5-6H,3-4H2,(H,14,15)(H,16,17);1-2,5-6H,3-4H2;1-2,4,6H,3,5H2,(H,12,14);2-6H,1H3;1-4H;4H2,1-3H3;3H2,1-2H3;5-7H,1-4H2/b;;;;;5-2+;;;;. The number of carbonyl (C=O) groups excluding carboxylic acids is 11. The fourth-order valence-corrected chi connectivity index (χ4v) is 14.0. The van der Waals surface area contributed by atoms with E-state index in [9.17, 15) is 142 Å². The molecule has 53 nitrogen and oxygen atoms in total. The van der Waals surface area contributed by atoms with Crippen molar-refractivity contribution in [2.45, 2.75) is 93.8 Å². The Morgan fingerprint density at radius 3 is 1.03 bits per heavy atom. The summed E-state index contributed by atoms with van der Waals surface area (Å²) in [7, 11) is 5.25. The minimum atomic E-state index is -3.23. The maximum atomic E-state index is 11.4. The first-order valence-corrected chi connectivity index (χ1v) is 45.2. The number of nitro benzene ring substituents is 7. The summed E-state index contributed by atoms with van der Waals surface area (Å²) in [6.45, 7) is 1.85. The zero-order chi connectivity index (χ0) is 112. The van der Waals surface area contributed by atoms with Gasteiger partial charge in [-0.2, -0.15) is 0 Å². The fourth-order valence-electron chi connectivity index (χ4n) is 11.9. The number of nitrogens with two attached hydrogens (primary N) is 2. The number of amides is 3. The van der Waals surface area contributed by atoms with Gasteiger partial charge in [-0.3, -0.25) is 138 Å². The highest BCUT2D eigenvalue weighted by Gasteiger charge is 2.36. The molecule has 3 amide bonds. The van der Waals surface area contributed by atoms with E-state index in [2.05, 4.69) is 48.1 Å². The van der Waals surface area contributed by atoms with Crippen LogP contribution in [0.25, 0.3) is 6.08 Å². The molecule has 7 aromatic carbocycles. The van der Waals surface area contributed by atoms with E-state index in [4.69, 9.17) is 118 Å². The van der Waals surface area contributed by atoms with Crippen LogP contribution in [0.5, 0.6) is 0 Å². The van der Waals surface area contributed by atoms with Gasteiger partial charge in [0.15, 0.2) is 6.29 Å². The van der Waals surface area contributed by atoms with Gasteiger partial charge in [-0.15, -0.1) is 0 Å². The summed E-state index contributed by atoms with van der Waals surface area (Å²) in [6, 6.07) is 27.8. The Balaban J connectivity index is 0.00000163. The number of nitro groups is 7. The molecule has 3 atom stereocenters. The number of methoxy groups -OCH3 is 5. The average Bonchev–Trinajstić information content (AvgIpc) is 1.76. The van der Waals surface area contributed by atoms with E-state index in [-0.39, 0.29) is 164 Å². The number of hydrogen-bond donors (Lipinski definition) is 9. The number of ether oxygens (including phenoxy) is 6. The van der Waals surface area contributed by atoms with E-state index in [0.717, 1.165) is 12.1 Å². The molecular formula is C86H93Cl7N11O42P. The van der Waals surface area contributed by atoms with E-state index >= 15 is 0 Å². The predicted molar refractivity (Wildman–Crippen MR) is 520 cm³/mol. The average molecular weight is 2230 g/mol. The Morgan fingerprint density at radius 2 is 0.735 bits per heavy atom. The minimum absolute atomic E-state index is 0.00694. The van der Waals surface area contributed by atoms with E-state index in [0.29, 0.717) is 51.6 Å². The SMILES string of the molecule is COC(=O)/C=C/c1cc(Cl)ccc1[N+](=O)[O-].COC(=O)CC(=O)OC.COC(=O)CC(CC(N)=O)c1cc(Cl)ccc1[N+](=O)[O-].COC(=O)CP(=O)(OC)OC.NC(=O)CC(CC(=O)O)c1cc(Cl)ccc1[N+](=O)[O-].O=C(O)CC(CC(=O)O)c1cc(Cl)ccc1[N+](=O)[O-].O=C1CC(c2cc(Cl)ccc2[N+](=O)[O-])CC(=O)O1.O=C1CC(c2cc(Cl)ccc2[N+](=O)[O-])CN1.O=Cc1cc(Cl)ccc1[N+](=O)[O-].OCCNCCO. The summed E-state index contributed by atoms with van der Waals surface area (Å²) >= 11 is 40.1. The number of aliphatic carboxylic acids is 3. The van der Waals surface area contributed by atoms with Crippen molar-refractivity contribution in [2.75, 3.05) is 88.8 Å². The van der Waals surface area contributed by atoms with Gasteiger partial charge in [-0.25, -0.2) is 4.79 Å². The van der Waals surface area contributed by atoms with Crippen LogP contribution in [0, 0.1) is 70.8 Å². The third-order valence-electron chi connectivity index (χ3n) is 18.5. The van der Waals surface area contributed by atoms with Crippen molar-refractivity contribution >= 4 is 218 Å². The molecule has 147 heavy (non-hydrogen) atoms. The number of primary amides is 2. The molecule has 3 unspecified atom stereocenters. The van der Waals surface area contributed by atoms with Crippen LogP contribution in [-0.2, 0) is 104 Å². The lowest BCUT2D eigenvalue weighted by Crippen LogP contribution is -2.24. The molecule has 2 saturated heterocycles. The minimum Gasteiger partial charge on any atom is -0.481 e. The Hall–Kier alpha value is -14.9. The number of aldehydes is 1. The number of nitrogens with zero attached hydrogens (tertiary/aromatic N) is 7. The van der Waals surface area contributed by atoms with Crippen LogP contribution in [0.3, 0.4) is 0 Å². The van der Waals surface area contributed by atoms with Crippen LogP contribution >= 0.6 is 88.8 Å². The second-order valence-electron chi connectivity index (χ2n) is 28.6. The van der Waals surface area contributed by atoms with Crippen LogP contribution in [0.4, 0.5) is 39.8 Å². The number of carboxylic acids is 3. The number of hydrogen-bond acceptors (Lipinski definition) is 40. The van der Waals surface area contributed by atoms with Crippen molar-refractivity contribution in [3.8, 4) is 0 Å². The smallest absolute Gasteiger partial charge is 0.341 e. The lowest BCUT2D eigenvalue weighted by atomic mass is 9.90. The van der Waals surface area contributed by atoms with Gasteiger partial charge < -0.3 is 85.1 Å². The maximum absolute atomic E-state index is 11.4. The van der Waals surface area contributed by atoms with Gasteiger partial charge >= 0.3 is 67.3 Å². The number of nitrogens with one attached hydrogen (secondary N) is 2. The van der Waals surface area contributed by atoms with Crippen molar-refractivity contribution in [1.29, 1.82) is 0 Å². The molecule has 0 bridgehead atoms. The Bertz CT molecular complexity index is 5800. The second kappa shape index (κ2) is 69.2. The summed E-state index contributed by atoms with van der Waals surface area (Å²) in [4.78, 5) is 223. The molecule has 0 aliphatic carbocycles. The van der Waals surface area contributed by atoms with Gasteiger partial charge in [0.05, 0.1) is 133 Å². The number of carboxylic acid groups (broad SMARTS) is 3. The lowest BCUT2D eigenvalue weighted by molar-refractivity contribution is -0.385. The number of benzene rings is 7. The van der Waals surface area contributed by atoms with E-state index in [1.165, 1.54) is 171 Å². The highest BCUT2D eigenvalue weighted by molar-refractivity contribution is 7.54. The van der Waals surface area contributed by atoms with Crippen molar-refractivity contribution in [1.82, 2.24) is 10.6 Å². The second-order valence-corrected chi connectivity index (χ2v) is 33.9. The molecule has 0 saturated carbocycles. The summed E-state index contributed by atoms with van der Waals surface area (Å²) in [6.07, 6.45) is 0.0958. The van der Waals surface area contributed by atoms with E-state index in [1.54, 1.807) is 6.07 Å². The number of rotatable bonds is 37. The first-order valence-electron chi connectivity index (χ1n) is 40.8. The fraction of sp³-hybridized carbons (Fsp3) is 0.326. The molecule has 2 fully saturated rings. The van der Waals surface area contributed by atoms with Gasteiger partial charge in [0, 0.05) is 194 Å². The summed E-state index contributed by atoms with van der Waals surface area (Å²) in [5.74, 6) is -12.8. The van der Waals surface area contributed by atoms with Gasteiger partial charge in [0.1, 0.15) is 12.6 Å². The molecular weight excluding hydrogens is 2140 g/mol. The zero-order valence-corrected chi connectivity index (χ0v) is 84.0. The molecule has 61 heteroatoms. The number of halogens is 7. The van der Waals surface area contributed by atoms with Crippen LogP contribution in [0.1, 0.15) is 138 Å². The third kappa shape index (κ3) is 52.0. The summed E-state index contributed by atoms with van der Waals surface area (Å²) < 4.78 is 46.1. The van der Waals surface area contributed by atoms with E-state index in [1.807, 2.05) is 0 Å². The summed E-state index contributed by atoms with van der Waals surface area (Å²) in [5, 5.41) is 126. The molecule has 9 rings (SSSR count). The van der Waals surface area contributed by atoms with Gasteiger partial charge in [-0.1, -0.05) is 81.2 Å². The van der Waals surface area contributed by atoms with Crippen molar-refractivity contribution in [3.05, 3.63) is 278 Å². The molecule has 0 aromatic heterocycles. The van der Waals surface area contributed by atoms with Crippen molar-refractivity contribution in [3.63, 3.8) is 0 Å². The number of aliphatic hydroxyl groups is 2. The van der Waals surface area contributed by atoms with Crippen LogP contribution < -0.4 is 22.1 Å². The third-order valence-corrected chi connectivity index (χ3v) is 21.9. The molecule has 2 aliphatic rings. The normalized spacial score (nSPS) is 12.3. The molecule has 0 spiro atoms. The quantitative estimate of drug-likeness (QED) is 0.00201. The largest absolute Gasteiger partial charge is 0.481 e. The summed E-state index contributed by atoms with van der Waals surface area (Å²) in [5.41, 5.74) is 10.2. The lowest BCUT2D eigenvalue weighted by Gasteiger charge is -2.19. The van der Waals surface area contributed by atoms with Gasteiger partial charge in [0.2, 0.25) is 17.7 Å². The van der Waals surface area contributed by atoms with Gasteiger partial charge in [0.25, 0.3) is 39.8 Å². The maximum Gasteiger partial charge on any atom is 0.341 e. The Labute approximate surface area is 865 Å². The molecule has 0 radical (unpaired) electrons. The first kappa shape index (κ1) is 132. The number of carbonyl (C=O) groups is 14. The number of aliphatic hydroxyl groups excluding tert-OH is 2. The highest BCUT2D eigenvalue weighted by Crippen LogP contribution is 2.46. The molecule has 2 heterocycles. The number of cyclic esters (lactones) is 2. The Kier molecular flexibility index (Phi) is 62.2. The Morgan fingerprint density at radius 1 is 0.429 bits per heavy atom. The molecule has 7 aromatic rings. The van der Waals surface area contributed by atoms with Crippen molar-refractivity contribution in [2.24, 2.45) is 11.5 Å². The van der Waals surface area contributed by atoms with E-state index < -0.39 is 157 Å². The highest BCUT2D eigenvalue weighted by atomic mass is 35.5.